The molecule has 0 saturated heterocycles. The highest BCUT2D eigenvalue weighted by molar-refractivity contribution is 6.71. The Balaban J connectivity index is 3.58. The molecule has 0 aliphatic heterocycles. The second kappa shape index (κ2) is 3.34. The molecule has 0 aliphatic rings. The molecule has 56 valence electrons. The molecule has 0 unspecified atom stereocenters. The van der Waals surface area contributed by atoms with E-state index in [1.807, 2.05) is 13.8 Å². The highest BCUT2D eigenvalue weighted by Crippen LogP contribution is 2.04. The second-order valence-corrected chi connectivity index (χ2v) is 7.29. The molecule has 9 heavy (non-hydrogen) atoms. The maximum Gasteiger partial charge on any atom is 0.200 e. The lowest BCUT2D eigenvalue weighted by Gasteiger charge is -2.23. The van der Waals surface area contributed by atoms with Crippen molar-refractivity contribution in [2.75, 3.05) is 6.17 Å². The van der Waals surface area contributed by atoms with Gasteiger partial charge in [-0.05, 0) is 26.9 Å². The van der Waals surface area contributed by atoms with Crippen LogP contribution in [0.2, 0.25) is 13.1 Å². The zero-order chi connectivity index (χ0) is 7.49. The number of hydrogen-bond donors (Lipinski definition) is 1. The first kappa shape index (κ1) is 9.14. The Morgan fingerprint density at radius 3 is 2.00 bits per heavy atom. The van der Waals surface area contributed by atoms with Gasteiger partial charge < -0.3 is 10.2 Å². The molecule has 0 saturated carbocycles. The van der Waals surface area contributed by atoms with Crippen LogP contribution in [0.25, 0.3) is 0 Å². The lowest BCUT2D eigenvalue weighted by molar-refractivity contribution is 0.232. The van der Waals surface area contributed by atoms with E-state index in [0.717, 1.165) is 0 Å². The summed E-state index contributed by atoms with van der Waals surface area (Å²) in [7, 11) is -1.46. The molecule has 0 aromatic heterocycles. The van der Waals surface area contributed by atoms with E-state index in [4.69, 9.17) is 10.2 Å². The van der Waals surface area contributed by atoms with Crippen LogP contribution < -0.4 is 5.73 Å². The molecular formula is C6H17NOSi. The van der Waals surface area contributed by atoms with Crippen molar-refractivity contribution >= 4 is 8.32 Å². The zero-order valence-electron chi connectivity index (χ0n) is 6.77. The summed E-state index contributed by atoms with van der Waals surface area (Å²) in [5.41, 5.74) is 5.49. The van der Waals surface area contributed by atoms with E-state index in [0.29, 0.717) is 12.3 Å². The topological polar surface area (TPSA) is 35.2 Å². The minimum Gasteiger partial charge on any atom is -0.414 e. The van der Waals surface area contributed by atoms with Crippen LogP contribution in [-0.2, 0) is 4.43 Å². The molecule has 0 fully saturated rings. The lowest BCUT2D eigenvalue weighted by atomic mass is 10.5. The van der Waals surface area contributed by atoms with Gasteiger partial charge in [-0.1, -0.05) is 0 Å². The first-order valence-electron chi connectivity index (χ1n) is 3.36. The van der Waals surface area contributed by atoms with Gasteiger partial charge >= 0.3 is 0 Å². The fraction of sp³-hybridized carbons (Fsp3) is 1.00. The Bertz CT molecular complexity index is 83.1. The van der Waals surface area contributed by atoms with Gasteiger partial charge in [0, 0.05) is 12.3 Å². The summed E-state index contributed by atoms with van der Waals surface area (Å²) >= 11 is 0. The van der Waals surface area contributed by atoms with Crippen molar-refractivity contribution in [2.24, 2.45) is 5.73 Å². The van der Waals surface area contributed by atoms with Gasteiger partial charge in [-0.2, -0.15) is 0 Å². The smallest absolute Gasteiger partial charge is 0.200 e. The van der Waals surface area contributed by atoms with E-state index >= 15 is 0 Å². The van der Waals surface area contributed by atoms with Crippen LogP contribution in [0.1, 0.15) is 13.8 Å². The van der Waals surface area contributed by atoms with E-state index in [2.05, 4.69) is 13.1 Å². The van der Waals surface area contributed by atoms with Crippen LogP contribution in [0.3, 0.4) is 0 Å². The van der Waals surface area contributed by atoms with E-state index in [1.165, 1.54) is 0 Å². The Kier molecular flexibility index (Phi) is 3.39. The van der Waals surface area contributed by atoms with Crippen molar-refractivity contribution in [1.29, 1.82) is 0 Å². The minimum absolute atomic E-state index is 0.329. The minimum atomic E-state index is -1.46. The molecule has 0 atom stereocenters. The molecular weight excluding hydrogens is 130 g/mol. The molecule has 2 N–H and O–H groups in total. The van der Waals surface area contributed by atoms with Gasteiger partial charge in [0.25, 0.3) is 0 Å². The summed E-state index contributed by atoms with van der Waals surface area (Å²) in [5.74, 6) is 0. The average Bonchev–Trinajstić information content (AvgIpc) is 1.63. The summed E-state index contributed by atoms with van der Waals surface area (Å²) < 4.78 is 5.60. The van der Waals surface area contributed by atoms with Gasteiger partial charge in [-0.15, -0.1) is 0 Å². The SMILES string of the molecule is CC(C)O[Si](C)(C)CN. The van der Waals surface area contributed by atoms with Crippen molar-refractivity contribution in [1.82, 2.24) is 0 Å². The molecule has 0 bridgehead atoms. The third-order valence-corrected chi connectivity index (χ3v) is 3.14. The molecule has 0 aromatic carbocycles. The normalized spacial score (nSPS) is 12.7. The molecule has 0 aliphatic carbocycles. The molecule has 3 heteroatoms. The standard InChI is InChI=1S/C6H17NOSi/c1-6(2)8-9(3,4)5-7/h6H,5,7H2,1-4H3. The predicted octanol–water partition coefficient (Wildman–Crippen LogP) is 1.11. The highest BCUT2D eigenvalue weighted by Gasteiger charge is 2.20. The van der Waals surface area contributed by atoms with E-state index in [-0.39, 0.29) is 0 Å². The maximum atomic E-state index is 5.60. The van der Waals surface area contributed by atoms with E-state index < -0.39 is 8.32 Å². The van der Waals surface area contributed by atoms with Gasteiger partial charge in [0.05, 0.1) is 0 Å². The fourth-order valence-electron chi connectivity index (χ4n) is 0.686. The van der Waals surface area contributed by atoms with Crippen LogP contribution in [0.15, 0.2) is 0 Å². The Morgan fingerprint density at radius 2 is 1.89 bits per heavy atom. The lowest BCUT2D eigenvalue weighted by Crippen LogP contribution is -2.41. The van der Waals surface area contributed by atoms with Crippen molar-refractivity contribution in [3.05, 3.63) is 0 Å². The van der Waals surface area contributed by atoms with Crippen LogP contribution in [-0.4, -0.2) is 20.6 Å². The van der Waals surface area contributed by atoms with Gasteiger partial charge in [0.15, 0.2) is 8.32 Å². The van der Waals surface area contributed by atoms with Gasteiger partial charge in [0.2, 0.25) is 0 Å². The van der Waals surface area contributed by atoms with Crippen molar-refractivity contribution in [2.45, 2.75) is 33.0 Å². The molecule has 0 aromatic rings. The maximum absolute atomic E-state index is 5.60. The Hall–Kier alpha value is 0.137. The Morgan fingerprint density at radius 1 is 1.44 bits per heavy atom. The van der Waals surface area contributed by atoms with Crippen LogP contribution in [0, 0.1) is 0 Å². The zero-order valence-corrected chi connectivity index (χ0v) is 7.77. The van der Waals surface area contributed by atoms with Crippen molar-refractivity contribution < 1.29 is 4.43 Å². The molecule has 0 radical (unpaired) electrons. The highest BCUT2D eigenvalue weighted by atomic mass is 28.4. The van der Waals surface area contributed by atoms with Crippen LogP contribution in [0.5, 0.6) is 0 Å². The first-order chi connectivity index (χ1) is 3.98. The predicted molar refractivity (Wildman–Crippen MR) is 42.8 cm³/mol. The quantitative estimate of drug-likeness (QED) is 0.607. The monoisotopic (exact) mass is 147 g/mol. The first-order valence-corrected chi connectivity index (χ1v) is 6.47. The largest absolute Gasteiger partial charge is 0.414 e. The molecule has 2 nitrogen and oxygen atoms in total. The van der Waals surface area contributed by atoms with E-state index in [9.17, 15) is 0 Å². The summed E-state index contributed by atoms with van der Waals surface area (Å²) in [6, 6.07) is 0. The summed E-state index contributed by atoms with van der Waals surface area (Å²) in [4.78, 5) is 0. The van der Waals surface area contributed by atoms with Gasteiger partial charge in [-0.25, -0.2) is 0 Å². The van der Waals surface area contributed by atoms with Crippen LogP contribution >= 0.6 is 0 Å². The summed E-state index contributed by atoms with van der Waals surface area (Å²) in [6.07, 6.45) is 1.04. The number of hydrogen-bond acceptors (Lipinski definition) is 2. The average molecular weight is 147 g/mol. The third kappa shape index (κ3) is 4.63. The molecule has 0 amide bonds. The van der Waals surface area contributed by atoms with Crippen molar-refractivity contribution in [3.63, 3.8) is 0 Å². The number of nitrogens with two attached hydrogens (primary N) is 1. The number of rotatable bonds is 3. The van der Waals surface area contributed by atoms with E-state index in [1.54, 1.807) is 0 Å². The fourth-order valence-corrected chi connectivity index (χ4v) is 2.06. The summed E-state index contributed by atoms with van der Waals surface area (Å²) in [6.45, 7) is 8.36. The van der Waals surface area contributed by atoms with Crippen LogP contribution in [0.4, 0.5) is 0 Å². The summed E-state index contributed by atoms with van der Waals surface area (Å²) in [5, 5.41) is 0. The molecule has 0 spiro atoms. The Labute approximate surface area is 58.5 Å². The molecule has 0 rings (SSSR count). The molecule has 0 heterocycles. The third-order valence-electron chi connectivity index (χ3n) is 1.05. The second-order valence-electron chi connectivity index (χ2n) is 3.13. The van der Waals surface area contributed by atoms with Gasteiger partial charge in [0.1, 0.15) is 0 Å². The van der Waals surface area contributed by atoms with Gasteiger partial charge in [-0.3, -0.25) is 0 Å². The van der Waals surface area contributed by atoms with Crippen molar-refractivity contribution in [3.8, 4) is 0 Å².